The van der Waals surface area contributed by atoms with Gasteiger partial charge in [-0.25, -0.2) is 4.39 Å². The molecule has 0 aromatic heterocycles. The lowest BCUT2D eigenvalue weighted by atomic mass is 10.1. The molecule has 0 saturated heterocycles. The third-order valence-corrected chi connectivity index (χ3v) is 3.14. The maximum Gasteiger partial charge on any atom is 0.166 e. The summed E-state index contributed by atoms with van der Waals surface area (Å²) in [6.07, 6.45) is 0. The van der Waals surface area contributed by atoms with E-state index < -0.39 is 0 Å². The van der Waals surface area contributed by atoms with E-state index in [1.807, 2.05) is 18.2 Å². The van der Waals surface area contributed by atoms with Gasteiger partial charge in [0.1, 0.15) is 12.4 Å². The zero-order valence-electron chi connectivity index (χ0n) is 12.8. The molecule has 0 heterocycles. The fourth-order valence-electron chi connectivity index (χ4n) is 2.02. The lowest BCUT2D eigenvalue weighted by molar-refractivity contribution is 0.143. The molecule has 0 spiro atoms. The summed E-state index contributed by atoms with van der Waals surface area (Å²) in [4.78, 5) is 0. The van der Waals surface area contributed by atoms with Crippen LogP contribution in [-0.2, 0) is 11.3 Å². The molecule has 0 aliphatic heterocycles. The third kappa shape index (κ3) is 4.36. The predicted molar refractivity (Wildman–Crippen MR) is 84.1 cm³/mol. The Balaban J connectivity index is 2.09. The average Bonchev–Trinajstić information content (AvgIpc) is 2.55. The minimum atomic E-state index is -0.254. The van der Waals surface area contributed by atoms with Crippen molar-refractivity contribution in [3.63, 3.8) is 0 Å². The summed E-state index contributed by atoms with van der Waals surface area (Å²) in [5.41, 5.74) is 1.80. The molecule has 1 N–H and O–H groups in total. The Labute approximate surface area is 129 Å². The Hall–Kier alpha value is -2.27. The average molecular weight is 305 g/mol. The van der Waals surface area contributed by atoms with Crippen molar-refractivity contribution in [2.75, 3.05) is 32.8 Å². The summed E-state index contributed by atoms with van der Waals surface area (Å²) in [6, 6.07) is 11.9. The maximum absolute atomic E-state index is 12.9. The minimum absolute atomic E-state index is 0.254. The molecule has 0 aliphatic carbocycles. The van der Waals surface area contributed by atoms with E-state index in [-0.39, 0.29) is 5.82 Å². The van der Waals surface area contributed by atoms with Crippen LogP contribution in [0.3, 0.4) is 0 Å². The van der Waals surface area contributed by atoms with Gasteiger partial charge in [0.2, 0.25) is 0 Å². The molecule has 0 radical (unpaired) electrons. The van der Waals surface area contributed by atoms with Crippen LogP contribution >= 0.6 is 0 Å². The van der Waals surface area contributed by atoms with E-state index in [0.29, 0.717) is 31.3 Å². The first-order chi connectivity index (χ1) is 10.7. The highest BCUT2D eigenvalue weighted by Crippen LogP contribution is 2.31. The van der Waals surface area contributed by atoms with Gasteiger partial charge in [-0.05, 0) is 30.3 Å². The van der Waals surface area contributed by atoms with Crippen LogP contribution in [0.1, 0.15) is 5.56 Å². The summed E-state index contributed by atoms with van der Waals surface area (Å²) >= 11 is 0. The fraction of sp³-hybridized carbons (Fsp3) is 0.294. The lowest BCUT2D eigenvalue weighted by Gasteiger charge is -2.15. The van der Waals surface area contributed by atoms with Crippen LogP contribution in [0.5, 0.6) is 11.5 Å². The standard InChI is InChI=1S/C17H20FNO3/c1-20-10-11-22-17-13(4-3-5-16(17)21-2)12-19-15-8-6-14(18)7-9-15/h3-9,19H,10-12H2,1-2H3. The van der Waals surface area contributed by atoms with Crippen LogP contribution in [-0.4, -0.2) is 27.4 Å². The lowest BCUT2D eigenvalue weighted by Crippen LogP contribution is -2.09. The highest BCUT2D eigenvalue weighted by atomic mass is 19.1. The zero-order chi connectivity index (χ0) is 15.8. The maximum atomic E-state index is 12.9. The second-order valence-electron chi connectivity index (χ2n) is 4.65. The van der Waals surface area contributed by atoms with Gasteiger partial charge in [-0.15, -0.1) is 0 Å². The van der Waals surface area contributed by atoms with Crippen molar-refractivity contribution in [1.82, 2.24) is 0 Å². The number of methoxy groups -OCH3 is 2. The van der Waals surface area contributed by atoms with Crippen LogP contribution in [0.2, 0.25) is 0 Å². The number of rotatable bonds is 8. The van der Waals surface area contributed by atoms with Crippen molar-refractivity contribution in [2.45, 2.75) is 6.54 Å². The van der Waals surface area contributed by atoms with Gasteiger partial charge in [0, 0.05) is 24.9 Å². The Morgan fingerprint density at radius 3 is 2.45 bits per heavy atom. The monoisotopic (exact) mass is 305 g/mol. The topological polar surface area (TPSA) is 39.7 Å². The van der Waals surface area contributed by atoms with Gasteiger partial charge in [0.15, 0.2) is 11.5 Å². The largest absolute Gasteiger partial charge is 0.493 e. The number of hydrogen-bond acceptors (Lipinski definition) is 4. The van der Waals surface area contributed by atoms with Gasteiger partial charge in [-0.3, -0.25) is 0 Å². The van der Waals surface area contributed by atoms with E-state index in [0.717, 1.165) is 11.3 Å². The third-order valence-electron chi connectivity index (χ3n) is 3.14. The molecule has 22 heavy (non-hydrogen) atoms. The first-order valence-corrected chi connectivity index (χ1v) is 7.01. The van der Waals surface area contributed by atoms with E-state index in [9.17, 15) is 4.39 Å². The fourth-order valence-corrected chi connectivity index (χ4v) is 2.02. The predicted octanol–water partition coefficient (Wildman–Crippen LogP) is 3.47. The first-order valence-electron chi connectivity index (χ1n) is 7.01. The van der Waals surface area contributed by atoms with Crippen LogP contribution in [0.25, 0.3) is 0 Å². The van der Waals surface area contributed by atoms with Crippen molar-refractivity contribution in [3.8, 4) is 11.5 Å². The summed E-state index contributed by atoms with van der Waals surface area (Å²) in [7, 11) is 3.23. The number of halogens is 1. The van der Waals surface area contributed by atoms with E-state index in [2.05, 4.69) is 5.32 Å². The highest BCUT2D eigenvalue weighted by Gasteiger charge is 2.10. The minimum Gasteiger partial charge on any atom is -0.493 e. The number of nitrogens with one attached hydrogen (secondary N) is 1. The van der Waals surface area contributed by atoms with Gasteiger partial charge < -0.3 is 19.5 Å². The summed E-state index contributed by atoms with van der Waals surface area (Å²) in [5, 5.41) is 3.24. The summed E-state index contributed by atoms with van der Waals surface area (Å²) < 4.78 is 29.0. The Morgan fingerprint density at radius 1 is 1.00 bits per heavy atom. The molecule has 0 bridgehead atoms. The van der Waals surface area contributed by atoms with E-state index in [1.165, 1.54) is 12.1 Å². The SMILES string of the molecule is COCCOc1c(CNc2ccc(F)cc2)cccc1OC. The Bertz CT molecular complexity index is 587. The van der Waals surface area contributed by atoms with Gasteiger partial charge >= 0.3 is 0 Å². The van der Waals surface area contributed by atoms with Gasteiger partial charge in [0.05, 0.1) is 13.7 Å². The van der Waals surface area contributed by atoms with Crippen molar-refractivity contribution in [2.24, 2.45) is 0 Å². The zero-order valence-corrected chi connectivity index (χ0v) is 12.8. The molecule has 2 aromatic rings. The highest BCUT2D eigenvalue weighted by molar-refractivity contribution is 5.50. The molecule has 0 amide bonds. The number of benzene rings is 2. The van der Waals surface area contributed by atoms with Gasteiger partial charge in [-0.2, -0.15) is 0 Å². The molecule has 4 nitrogen and oxygen atoms in total. The van der Waals surface area contributed by atoms with E-state index in [4.69, 9.17) is 14.2 Å². The summed E-state index contributed by atoms with van der Waals surface area (Å²) in [6.45, 7) is 1.49. The van der Waals surface area contributed by atoms with E-state index >= 15 is 0 Å². The molecular formula is C17H20FNO3. The van der Waals surface area contributed by atoms with Gasteiger partial charge in [0.25, 0.3) is 0 Å². The molecule has 0 aliphatic rings. The van der Waals surface area contributed by atoms with Crippen molar-refractivity contribution >= 4 is 5.69 Å². The molecule has 5 heteroatoms. The Morgan fingerprint density at radius 2 is 1.77 bits per heavy atom. The van der Waals surface area contributed by atoms with Crippen LogP contribution in [0.15, 0.2) is 42.5 Å². The van der Waals surface area contributed by atoms with Crippen molar-refractivity contribution in [1.29, 1.82) is 0 Å². The molecule has 0 saturated carbocycles. The Kier molecular flexibility index (Phi) is 6.03. The quantitative estimate of drug-likeness (QED) is 0.758. The smallest absolute Gasteiger partial charge is 0.166 e. The number of anilines is 1. The number of hydrogen-bond donors (Lipinski definition) is 1. The number of para-hydroxylation sites is 1. The van der Waals surface area contributed by atoms with Crippen molar-refractivity contribution < 1.29 is 18.6 Å². The van der Waals surface area contributed by atoms with Gasteiger partial charge in [-0.1, -0.05) is 12.1 Å². The van der Waals surface area contributed by atoms with Crippen molar-refractivity contribution in [3.05, 3.63) is 53.8 Å². The molecular weight excluding hydrogens is 285 g/mol. The van der Waals surface area contributed by atoms with Crippen LogP contribution < -0.4 is 14.8 Å². The second-order valence-corrected chi connectivity index (χ2v) is 4.65. The molecule has 118 valence electrons. The molecule has 0 fully saturated rings. The normalized spacial score (nSPS) is 10.3. The molecule has 0 atom stereocenters. The molecule has 2 rings (SSSR count). The van der Waals surface area contributed by atoms with E-state index in [1.54, 1.807) is 26.4 Å². The summed E-state index contributed by atoms with van der Waals surface area (Å²) in [5.74, 6) is 1.11. The second kappa shape index (κ2) is 8.24. The van der Waals surface area contributed by atoms with Crippen LogP contribution in [0.4, 0.5) is 10.1 Å². The first kappa shape index (κ1) is 16.1. The molecule has 0 unspecified atom stereocenters. The number of ether oxygens (including phenoxy) is 3. The molecule has 2 aromatic carbocycles. The van der Waals surface area contributed by atoms with Crippen LogP contribution in [0, 0.1) is 5.82 Å².